The molecule has 2 rings (SSSR count). The lowest BCUT2D eigenvalue weighted by atomic mass is 10.1. The highest BCUT2D eigenvalue weighted by atomic mass is 79.9. The van der Waals surface area contributed by atoms with E-state index in [-0.39, 0.29) is 29.5 Å². The van der Waals surface area contributed by atoms with Gasteiger partial charge in [0.2, 0.25) is 10.0 Å². The van der Waals surface area contributed by atoms with Gasteiger partial charge >= 0.3 is 0 Å². The number of carbonyl (C=O) groups excluding carboxylic acids is 1. The third kappa shape index (κ3) is 5.78. The van der Waals surface area contributed by atoms with Gasteiger partial charge in [0.25, 0.3) is 5.91 Å². The average Bonchev–Trinajstić information content (AvgIpc) is 2.68. The summed E-state index contributed by atoms with van der Waals surface area (Å²) < 4.78 is 37.7. The molecule has 1 N–H and O–H groups in total. The van der Waals surface area contributed by atoms with Gasteiger partial charge in [0, 0.05) is 31.7 Å². The van der Waals surface area contributed by atoms with Crippen molar-refractivity contribution in [2.75, 3.05) is 34.4 Å². The molecule has 9 heteroatoms. The van der Waals surface area contributed by atoms with E-state index < -0.39 is 10.0 Å². The minimum atomic E-state index is -3.73. The highest BCUT2D eigenvalue weighted by Crippen LogP contribution is 2.23. The van der Waals surface area contributed by atoms with Gasteiger partial charge in [-0.2, -0.15) is 0 Å². The van der Waals surface area contributed by atoms with E-state index in [0.29, 0.717) is 11.0 Å². The predicted octanol–water partition coefficient (Wildman–Crippen LogP) is 2.65. The molecule has 0 fully saturated rings. The molecule has 0 aliphatic heterocycles. The minimum absolute atomic E-state index is 0.0213. The zero-order valence-corrected chi connectivity index (χ0v) is 18.3. The third-order valence-corrected chi connectivity index (χ3v) is 6.15. The molecule has 0 saturated carbocycles. The summed E-state index contributed by atoms with van der Waals surface area (Å²) in [5.74, 6) is 0.441. The number of rotatable bonds is 9. The molecule has 0 spiro atoms. The zero-order chi connectivity index (χ0) is 20.7. The van der Waals surface area contributed by atoms with Gasteiger partial charge in [-0.3, -0.25) is 4.79 Å². The summed E-state index contributed by atoms with van der Waals surface area (Å²) in [5.41, 5.74) is 1.20. The molecule has 0 aliphatic carbocycles. The van der Waals surface area contributed by atoms with Crippen molar-refractivity contribution in [2.24, 2.45) is 0 Å². The van der Waals surface area contributed by atoms with Crippen LogP contribution in [0.15, 0.2) is 51.8 Å². The fraction of sp³-hybridized carbons (Fsp3) is 0.316. The summed E-state index contributed by atoms with van der Waals surface area (Å²) in [6.07, 6.45) is 0. The van der Waals surface area contributed by atoms with E-state index in [1.165, 1.54) is 24.1 Å². The smallest absolute Gasteiger partial charge is 0.255 e. The second-order valence-corrected chi connectivity index (χ2v) is 8.66. The van der Waals surface area contributed by atoms with Crippen LogP contribution in [-0.4, -0.2) is 53.6 Å². The van der Waals surface area contributed by atoms with E-state index in [1.54, 1.807) is 20.2 Å². The van der Waals surface area contributed by atoms with Crippen molar-refractivity contribution in [3.63, 3.8) is 0 Å². The lowest BCUT2D eigenvalue weighted by molar-refractivity contribution is 0.0784. The van der Waals surface area contributed by atoms with Gasteiger partial charge in [-0.15, -0.1) is 0 Å². The van der Waals surface area contributed by atoms with E-state index in [2.05, 4.69) is 20.7 Å². The Hall–Kier alpha value is -1.94. The number of ether oxygens (including phenoxy) is 2. The largest absolute Gasteiger partial charge is 0.497 e. The maximum absolute atomic E-state index is 12.9. The van der Waals surface area contributed by atoms with Crippen LogP contribution in [0.1, 0.15) is 15.9 Å². The molecule has 0 atom stereocenters. The van der Waals surface area contributed by atoms with Crippen LogP contribution in [0.4, 0.5) is 0 Å². The molecule has 2 aromatic carbocycles. The molecule has 0 heterocycles. The van der Waals surface area contributed by atoms with Crippen molar-refractivity contribution in [1.82, 2.24) is 9.62 Å². The van der Waals surface area contributed by atoms with E-state index in [9.17, 15) is 13.2 Å². The summed E-state index contributed by atoms with van der Waals surface area (Å²) in [6.45, 7) is 0.778. The van der Waals surface area contributed by atoms with Gasteiger partial charge in [0.1, 0.15) is 5.75 Å². The molecule has 0 unspecified atom stereocenters. The van der Waals surface area contributed by atoms with Crippen molar-refractivity contribution >= 4 is 31.9 Å². The van der Waals surface area contributed by atoms with Gasteiger partial charge in [-0.05, 0) is 51.8 Å². The van der Waals surface area contributed by atoms with Crippen molar-refractivity contribution in [3.05, 3.63) is 58.1 Å². The van der Waals surface area contributed by atoms with Crippen LogP contribution in [0.3, 0.4) is 0 Å². The van der Waals surface area contributed by atoms with Crippen molar-refractivity contribution in [3.8, 4) is 5.75 Å². The fourth-order valence-electron chi connectivity index (χ4n) is 2.48. The number of nitrogens with one attached hydrogen (secondary N) is 1. The normalized spacial score (nSPS) is 11.3. The minimum Gasteiger partial charge on any atom is -0.497 e. The standard InChI is InChI=1S/C19H23BrN2O5S/c1-22(13-14-4-6-15(27-3)7-5-14)19(23)17-12-16(8-9-18(17)20)28(24,25)21-10-11-26-2/h4-9,12,21H,10-11,13H2,1-3H3. The van der Waals surface area contributed by atoms with Crippen molar-refractivity contribution in [1.29, 1.82) is 0 Å². The predicted molar refractivity (Wildman–Crippen MR) is 110 cm³/mol. The Balaban J connectivity index is 2.19. The van der Waals surface area contributed by atoms with Crippen molar-refractivity contribution in [2.45, 2.75) is 11.4 Å². The Labute approximate surface area is 173 Å². The second kappa shape index (κ2) is 10.0. The highest BCUT2D eigenvalue weighted by molar-refractivity contribution is 9.10. The van der Waals surface area contributed by atoms with Crippen LogP contribution < -0.4 is 9.46 Å². The fourth-order valence-corrected chi connectivity index (χ4v) is 3.93. The van der Waals surface area contributed by atoms with E-state index >= 15 is 0 Å². The summed E-state index contributed by atoms with van der Waals surface area (Å²) in [4.78, 5) is 14.4. The molecule has 0 aromatic heterocycles. The first kappa shape index (κ1) is 22.4. The summed E-state index contributed by atoms with van der Waals surface area (Å²) >= 11 is 3.34. The number of halogens is 1. The van der Waals surface area contributed by atoms with Crippen LogP contribution in [0.25, 0.3) is 0 Å². The molecule has 7 nitrogen and oxygen atoms in total. The summed E-state index contributed by atoms with van der Waals surface area (Å²) in [7, 11) is 1.01. The lowest BCUT2D eigenvalue weighted by Crippen LogP contribution is -2.29. The highest BCUT2D eigenvalue weighted by Gasteiger charge is 2.20. The van der Waals surface area contributed by atoms with Crippen LogP contribution in [0, 0.1) is 0 Å². The number of sulfonamides is 1. The van der Waals surface area contributed by atoms with Gasteiger partial charge in [0.15, 0.2) is 0 Å². The van der Waals surface area contributed by atoms with E-state index in [0.717, 1.165) is 11.3 Å². The number of hydrogen-bond acceptors (Lipinski definition) is 5. The molecular formula is C19H23BrN2O5S. The van der Waals surface area contributed by atoms with Gasteiger partial charge in [-0.25, -0.2) is 13.1 Å². The van der Waals surface area contributed by atoms with Crippen LogP contribution in [-0.2, 0) is 21.3 Å². The lowest BCUT2D eigenvalue weighted by Gasteiger charge is -2.19. The van der Waals surface area contributed by atoms with Crippen LogP contribution in [0.5, 0.6) is 5.75 Å². The Morgan fingerprint density at radius 3 is 2.43 bits per heavy atom. The molecular weight excluding hydrogens is 448 g/mol. The molecule has 1 amide bonds. The zero-order valence-electron chi connectivity index (χ0n) is 15.9. The first-order valence-corrected chi connectivity index (χ1v) is 10.7. The van der Waals surface area contributed by atoms with Gasteiger partial charge < -0.3 is 14.4 Å². The number of benzene rings is 2. The Morgan fingerprint density at radius 2 is 1.82 bits per heavy atom. The Morgan fingerprint density at radius 1 is 1.14 bits per heavy atom. The van der Waals surface area contributed by atoms with E-state index in [1.807, 2.05) is 24.3 Å². The second-order valence-electron chi connectivity index (χ2n) is 6.04. The molecule has 2 aromatic rings. The molecule has 0 bridgehead atoms. The number of hydrogen-bond donors (Lipinski definition) is 1. The number of methoxy groups -OCH3 is 2. The SMILES string of the molecule is COCCNS(=O)(=O)c1ccc(Br)c(C(=O)N(C)Cc2ccc(OC)cc2)c1. The molecule has 152 valence electrons. The monoisotopic (exact) mass is 470 g/mol. The summed E-state index contributed by atoms with van der Waals surface area (Å²) in [6, 6.07) is 11.8. The molecule has 0 saturated heterocycles. The van der Waals surface area contributed by atoms with Crippen LogP contribution >= 0.6 is 15.9 Å². The average molecular weight is 471 g/mol. The van der Waals surface area contributed by atoms with Crippen LogP contribution in [0.2, 0.25) is 0 Å². The molecule has 0 radical (unpaired) electrons. The van der Waals surface area contributed by atoms with Crippen molar-refractivity contribution < 1.29 is 22.7 Å². The summed E-state index contributed by atoms with van der Waals surface area (Å²) in [5, 5.41) is 0. The van der Waals surface area contributed by atoms with Gasteiger partial charge in [0.05, 0.1) is 24.2 Å². The quantitative estimate of drug-likeness (QED) is 0.569. The Bertz CT molecular complexity index is 916. The van der Waals surface area contributed by atoms with E-state index in [4.69, 9.17) is 9.47 Å². The molecule has 0 aliphatic rings. The number of amides is 1. The number of nitrogens with zero attached hydrogens (tertiary/aromatic N) is 1. The Kier molecular flexibility index (Phi) is 7.99. The van der Waals surface area contributed by atoms with Gasteiger partial charge in [-0.1, -0.05) is 12.1 Å². The topological polar surface area (TPSA) is 84.9 Å². The maximum Gasteiger partial charge on any atom is 0.255 e. The molecule has 28 heavy (non-hydrogen) atoms. The number of carbonyl (C=O) groups is 1. The first-order valence-electron chi connectivity index (χ1n) is 8.45. The first-order chi connectivity index (χ1) is 13.3. The maximum atomic E-state index is 12.9. The third-order valence-electron chi connectivity index (χ3n) is 4.00.